The second-order valence-electron chi connectivity index (χ2n) is 35.0. The number of aliphatic hydroxyl groups excluding tert-OH is 5. The average Bonchev–Trinajstić information content (AvgIpc) is 1.59. The molecule has 0 aromatic rings. The molecule has 0 aromatic carbocycles. The predicted octanol–water partition coefficient (Wildman–Crippen LogP) is 8.87. The largest absolute Gasteiger partial charge is 0.464 e. The summed E-state index contributed by atoms with van der Waals surface area (Å²) in [7, 11) is -4.28. The van der Waals surface area contributed by atoms with Gasteiger partial charge in [0.2, 0.25) is 22.6 Å². The van der Waals surface area contributed by atoms with Crippen molar-refractivity contribution in [1.29, 1.82) is 0 Å². The molecule has 6 N–H and O–H groups in total. The van der Waals surface area contributed by atoms with E-state index in [1.807, 2.05) is 41.5 Å². The summed E-state index contributed by atoms with van der Waals surface area (Å²) in [5.41, 5.74) is -12.3. The van der Waals surface area contributed by atoms with E-state index in [2.05, 4.69) is 36.7 Å². The molecule has 10 aliphatic rings. The maximum atomic E-state index is 14.1. The van der Waals surface area contributed by atoms with Crippen molar-refractivity contribution in [3.63, 3.8) is 0 Å². The van der Waals surface area contributed by atoms with E-state index in [0.29, 0.717) is 44.0 Å². The number of carbonyl (C=O) groups excluding carboxylic acids is 8. The fraction of sp³-hybridized carbons (Fsp3) is 0.860. The second-order valence-corrected chi connectivity index (χ2v) is 37.0. The van der Waals surface area contributed by atoms with Crippen LogP contribution in [-0.4, -0.2) is 319 Å². The zero-order valence-electron chi connectivity index (χ0n) is 80.7. The van der Waals surface area contributed by atoms with Gasteiger partial charge in [0.05, 0.1) is 84.9 Å². The number of cyclic esters (lactones) is 2. The van der Waals surface area contributed by atoms with Crippen molar-refractivity contribution >= 4 is 74.4 Å². The number of halogens is 6. The van der Waals surface area contributed by atoms with Crippen LogP contribution in [0.1, 0.15) is 227 Å². The topological polar surface area (TPSA) is 486 Å². The minimum absolute atomic E-state index is 0.0168. The number of carbonyl (C=O) groups is 8. The molecule has 10 aliphatic heterocycles. The van der Waals surface area contributed by atoms with Gasteiger partial charge < -0.3 is 125 Å². The number of hydrogen-bond donors (Lipinski definition) is 6. The Balaban J connectivity index is 0.000000730. The Morgan fingerprint density at radius 2 is 0.946 bits per heavy atom. The first-order valence-electron chi connectivity index (χ1n) is 43.0. The van der Waals surface area contributed by atoms with E-state index >= 15 is 0 Å². The van der Waals surface area contributed by atoms with Crippen LogP contribution in [0.15, 0.2) is 23.8 Å². The molecule has 10 rings (SSSR count). The van der Waals surface area contributed by atoms with Crippen molar-refractivity contribution in [2.75, 3.05) is 72.7 Å². The van der Waals surface area contributed by atoms with Crippen molar-refractivity contribution in [1.82, 2.24) is 0 Å². The first kappa shape index (κ1) is 123. The summed E-state index contributed by atoms with van der Waals surface area (Å²) in [6.07, 6.45) is -6.55. The lowest BCUT2D eigenvalue weighted by Gasteiger charge is -2.30. The highest BCUT2D eigenvalue weighted by Gasteiger charge is 2.63. The molecule has 0 radical (unpaired) electrons. The van der Waals surface area contributed by atoms with Crippen LogP contribution in [0.2, 0.25) is 0 Å². The summed E-state index contributed by atoms with van der Waals surface area (Å²) < 4.78 is 197. The molecule has 10 saturated heterocycles. The average molecular weight is 1980 g/mol. The minimum atomic E-state index is -4.28. The van der Waals surface area contributed by atoms with Crippen molar-refractivity contribution in [2.45, 2.75) is 386 Å². The normalized spacial score (nSPS) is 35.3. The Morgan fingerprint density at radius 3 is 1.25 bits per heavy atom. The van der Waals surface area contributed by atoms with Gasteiger partial charge in [-0.3, -0.25) is 0 Å². The monoisotopic (exact) mass is 1980 g/mol. The van der Waals surface area contributed by atoms with Gasteiger partial charge in [-0.05, 0) is 192 Å². The third-order valence-corrected chi connectivity index (χ3v) is 23.8. The number of alkyl halides is 6. The summed E-state index contributed by atoms with van der Waals surface area (Å²) >= 11 is 3.18. The smallest absolute Gasteiger partial charge is 0.401 e. The zero-order valence-corrected chi connectivity index (χ0v) is 83.1. The summed E-state index contributed by atoms with van der Waals surface area (Å²) in [6.45, 7) is 53.9. The van der Waals surface area contributed by atoms with E-state index < -0.39 is 175 Å². The van der Waals surface area contributed by atoms with Crippen LogP contribution < -0.4 is 0 Å². The third kappa shape index (κ3) is 35.7. The maximum absolute atomic E-state index is 14.1. The second kappa shape index (κ2) is 51.2. The van der Waals surface area contributed by atoms with Crippen LogP contribution in [0.4, 0.5) is 22.0 Å². The van der Waals surface area contributed by atoms with Crippen LogP contribution in [0.25, 0.3) is 0 Å². The SMILES string of the molecule is C=C(C)C(=O)OCC.CC1(C)OC[C@H](C=O)O1.CCOC(=O)/C(C)=C/[C@H]1COC(C)(C)O1.CCOC(=O)[C@@](C)(F)[C@H](O)[C@H]1COC(C)(C)O1.CCOC(=O)[C@@](C)(O)[C@H](O)[C@H]1COC(C)(C)O1.CCOC(=O)[C@@]1(C)OS(=O)(=O)O[C@@H]1[C@H]1COC(C)(C)O1.CC[C@H]1OC(=O)[C@](C)(F)[C@@H]1C.CC[C@H]1OC(O)[C@](C)(F)[C@@H]1C.CC[C@H]1O[C@H](Br)[C@](C)(F)[C@@H]1C.C[C@]1(F)C(=O)O[C@H](CO)[C@H]1O. The van der Waals surface area contributed by atoms with E-state index in [1.54, 1.807) is 131 Å². The molecule has 37 nitrogen and oxygen atoms in total. The number of hydrogen-bond acceptors (Lipinski definition) is 37. The molecule has 0 aromatic heterocycles. The Labute approximate surface area is 769 Å². The Hall–Kier alpha value is -5.28. The molecule has 10 heterocycles. The van der Waals surface area contributed by atoms with Gasteiger partial charge in [-0.25, -0.2) is 63.9 Å². The van der Waals surface area contributed by atoms with Crippen LogP contribution in [0.5, 0.6) is 0 Å². The van der Waals surface area contributed by atoms with Crippen molar-refractivity contribution in [3.8, 4) is 0 Å². The van der Waals surface area contributed by atoms with Crippen molar-refractivity contribution in [3.05, 3.63) is 23.8 Å². The molecule has 25 atom stereocenters. The van der Waals surface area contributed by atoms with Crippen LogP contribution in [0, 0.1) is 17.8 Å². The number of rotatable bonds is 21. The van der Waals surface area contributed by atoms with Gasteiger partial charge in [0.25, 0.3) is 0 Å². The number of esters is 7. The lowest BCUT2D eigenvalue weighted by atomic mass is 9.89. The van der Waals surface area contributed by atoms with Crippen LogP contribution in [0.3, 0.4) is 0 Å². The number of aldehydes is 1. The van der Waals surface area contributed by atoms with E-state index in [0.717, 1.165) is 33.0 Å². The van der Waals surface area contributed by atoms with Gasteiger partial charge in [0.1, 0.15) is 71.7 Å². The molecule has 44 heteroatoms. The first-order valence-corrected chi connectivity index (χ1v) is 45.3. The summed E-state index contributed by atoms with van der Waals surface area (Å²) in [5, 5.41) is 55.9. The molecular weight excluding hydrogens is 1830 g/mol. The molecule has 1 unspecified atom stereocenters. The lowest BCUT2D eigenvalue weighted by Crippen LogP contribution is -2.54. The van der Waals surface area contributed by atoms with Gasteiger partial charge in [-0.1, -0.05) is 64.1 Å². The molecule has 760 valence electrons. The standard InChI is InChI=1S/C11H19FO5.C11H18O8S.C11H20O6.C11H18O4.C8H14BrFO.C8H15FO2.C8H13FO2.C6H9FO4.C6H10O3.C6H10O2/c1-5-15-9(14)11(4,12)8(13)7-6-16-10(2,3)17-7;1-5-15-9(12)11(4)8(18-20(13,14)19-11)7-6-16-10(2,3)17-7;1-5-15-9(13)11(4,14)8(12)7-6-16-10(2,3)17-7;1-5-13-10(12)8(2)6-9-7-14-11(3,4)15-9;1-4-6-5(2)8(3,10)7(9)11-6;2*1-4-6-5(2)8(3,9)7(10)11-6;1-6(7)4(9)3(2-8)11-5(6)10;1-6(2)8-4-5(3-7)9-6;1-4-8-6(7)5(2)3/h7-8,13H,5-6H2,1-4H3;7-8H,5-6H2,1-4H3;7-8,12,14H,5-6H2,1-4H3;6,9H,5,7H2,1-4H3;5-7H,4H2,1-3H3;5-7,10H,4H2,1-3H3;5-6H,4H2,1-3H3;3-4,8-9H,2H2,1H3;3,5H,4H2,1-2H3;2,4H2,1,3H3/b;;;8-6+;;;;;;/t3*7-,8-,11+;9-;5-,6-,7+,8-;5-,6-,7?,8-;5-,6-,8-;3-,4-,6-;5-;/m111011110./s1. The highest BCUT2D eigenvalue weighted by Crippen LogP contribution is 2.45. The molecule has 0 spiro atoms. The molecule has 130 heavy (non-hydrogen) atoms. The third-order valence-electron chi connectivity index (χ3n) is 21.7. The lowest BCUT2D eigenvalue weighted by molar-refractivity contribution is -0.195. The maximum Gasteiger partial charge on any atom is 0.401 e. The minimum Gasteiger partial charge on any atom is -0.464 e. The molecule has 0 saturated carbocycles. The van der Waals surface area contributed by atoms with E-state index in [-0.39, 0.29) is 99.9 Å². The van der Waals surface area contributed by atoms with E-state index in [4.69, 9.17) is 99.5 Å². The van der Waals surface area contributed by atoms with Crippen molar-refractivity contribution in [2.24, 2.45) is 17.8 Å². The fourth-order valence-electron chi connectivity index (χ4n) is 13.0. The van der Waals surface area contributed by atoms with E-state index in [9.17, 15) is 84.0 Å². The summed E-state index contributed by atoms with van der Waals surface area (Å²) in [5.74, 6) is -9.50. The quantitative estimate of drug-likeness (QED) is 0.0156. The molecule has 0 amide bonds. The van der Waals surface area contributed by atoms with Gasteiger partial charge in [0, 0.05) is 28.9 Å². The molecular formula is C86H146BrF5O37S. The molecule has 10 fully saturated rings. The van der Waals surface area contributed by atoms with Crippen molar-refractivity contribution < 1.29 is 198 Å². The fourth-order valence-corrected chi connectivity index (χ4v) is 14.9. The van der Waals surface area contributed by atoms with E-state index in [1.165, 1.54) is 27.7 Å². The predicted molar refractivity (Wildman–Crippen MR) is 455 cm³/mol. The molecule has 0 bridgehead atoms. The van der Waals surface area contributed by atoms with Gasteiger partial charge in [-0.15, -0.1) is 0 Å². The van der Waals surface area contributed by atoms with Crippen LogP contribution >= 0.6 is 15.9 Å². The highest BCUT2D eigenvalue weighted by molar-refractivity contribution is 9.09. The summed E-state index contributed by atoms with van der Waals surface area (Å²) in [4.78, 5) is 88.2. The van der Waals surface area contributed by atoms with Gasteiger partial charge in [-0.2, -0.15) is 8.42 Å². The van der Waals surface area contributed by atoms with Gasteiger partial charge >= 0.3 is 52.2 Å². The molecule has 0 aliphatic carbocycles. The highest BCUT2D eigenvalue weighted by atomic mass is 79.9. The van der Waals surface area contributed by atoms with Crippen LogP contribution in [-0.2, 0) is 147 Å². The summed E-state index contributed by atoms with van der Waals surface area (Å²) in [6, 6.07) is 0. The Morgan fingerprint density at radius 1 is 0.546 bits per heavy atom. The zero-order chi connectivity index (χ0) is 101. The number of aliphatic hydroxyl groups is 6. The Kier molecular flexibility index (Phi) is 48.4. The van der Waals surface area contributed by atoms with Gasteiger partial charge in [0.15, 0.2) is 58.9 Å². The Bertz CT molecular complexity index is 3620. The first-order chi connectivity index (χ1) is 59.3. The number of ether oxygens (including phenoxy) is 19.